The molecule has 0 aromatic rings. The zero-order valence-corrected chi connectivity index (χ0v) is 12.9. The predicted molar refractivity (Wildman–Crippen MR) is 80.1 cm³/mol. The fourth-order valence-electron chi connectivity index (χ4n) is 2.59. The monoisotopic (exact) mass is 255 g/mol. The fourth-order valence-corrected chi connectivity index (χ4v) is 2.59. The van der Waals surface area contributed by atoms with Crippen molar-refractivity contribution in [3.63, 3.8) is 0 Å². The SMILES string of the molecule is CC(C)CCCN(C)CCC(C)N1CCNCC1. The average Bonchev–Trinajstić information content (AvgIpc) is 2.36. The lowest BCUT2D eigenvalue weighted by Gasteiger charge is -2.33. The molecule has 108 valence electrons. The largest absolute Gasteiger partial charge is 0.314 e. The number of hydrogen-bond acceptors (Lipinski definition) is 3. The first-order valence-electron chi connectivity index (χ1n) is 7.73. The van der Waals surface area contributed by atoms with Gasteiger partial charge in [0.1, 0.15) is 0 Å². The molecule has 1 heterocycles. The summed E-state index contributed by atoms with van der Waals surface area (Å²) in [6.07, 6.45) is 4.01. The topological polar surface area (TPSA) is 18.5 Å². The minimum atomic E-state index is 0.736. The molecule has 1 N–H and O–H groups in total. The molecule has 18 heavy (non-hydrogen) atoms. The molecule has 1 fully saturated rings. The molecule has 0 amide bonds. The molecule has 1 atom stereocenters. The maximum Gasteiger partial charge on any atom is 0.0110 e. The summed E-state index contributed by atoms with van der Waals surface area (Å²) < 4.78 is 0. The van der Waals surface area contributed by atoms with E-state index in [9.17, 15) is 0 Å². The minimum absolute atomic E-state index is 0.736. The van der Waals surface area contributed by atoms with Crippen LogP contribution in [0.4, 0.5) is 0 Å². The lowest BCUT2D eigenvalue weighted by molar-refractivity contribution is 0.162. The highest BCUT2D eigenvalue weighted by molar-refractivity contribution is 4.74. The van der Waals surface area contributed by atoms with Crippen LogP contribution in [-0.4, -0.2) is 62.2 Å². The second-order valence-corrected chi connectivity index (χ2v) is 6.26. The van der Waals surface area contributed by atoms with E-state index in [1.807, 2.05) is 0 Å². The number of nitrogens with zero attached hydrogens (tertiary/aromatic N) is 2. The van der Waals surface area contributed by atoms with Crippen molar-refractivity contribution in [3.8, 4) is 0 Å². The van der Waals surface area contributed by atoms with Crippen molar-refractivity contribution in [1.82, 2.24) is 15.1 Å². The van der Waals surface area contributed by atoms with E-state index in [0.29, 0.717) is 0 Å². The zero-order valence-electron chi connectivity index (χ0n) is 12.9. The van der Waals surface area contributed by atoms with Crippen LogP contribution >= 0.6 is 0 Å². The quantitative estimate of drug-likeness (QED) is 0.716. The zero-order chi connectivity index (χ0) is 13.4. The van der Waals surface area contributed by atoms with E-state index in [0.717, 1.165) is 25.0 Å². The van der Waals surface area contributed by atoms with Crippen molar-refractivity contribution in [2.45, 2.75) is 46.1 Å². The third-order valence-electron chi connectivity index (χ3n) is 4.02. The van der Waals surface area contributed by atoms with E-state index in [4.69, 9.17) is 0 Å². The van der Waals surface area contributed by atoms with E-state index in [1.54, 1.807) is 0 Å². The maximum atomic E-state index is 3.42. The highest BCUT2D eigenvalue weighted by Gasteiger charge is 2.16. The van der Waals surface area contributed by atoms with Gasteiger partial charge in [-0.3, -0.25) is 4.90 Å². The van der Waals surface area contributed by atoms with Crippen molar-refractivity contribution >= 4 is 0 Å². The summed E-state index contributed by atoms with van der Waals surface area (Å²) in [5.41, 5.74) is 0. The Hall–Kier alpha value is -0.120. The summed E-state index contributed by atoms with van der Waals surface area (Å²) in [5, 5.41) is 3.42. The highest BCUT2D eigenvalue weighted by atomic mass is 15.2. The molecule has 1 rings (SSSR count). The minimum Gasteiger partial charge on any atom is -0.314 e. The first-order chi connectivity index (χ1) is 8.59. The molecule has 0 aromatic heterocycles. The first-order valence-corrected chi connectivity index (χ1v) is 7.73. The Morgan fingerprint density at radius 3 is 2.33 bits per heavy atom. The van der Waals surface area contributed by atoms with Crippen LogP contribution in [0.25, 0.3) is 0 Å². The summed E-state index contributed by atoms with van der Waals surface area (Å²) >= 11 is 0. The number of rotatable bonds is 8. The van der Waals surface area contributed by atoms with Gasteiger partial charge >= 0.3 is 0 Å². The van der Waals surface area contributed by atoms with Gasteiger partial charge in [-0.05, 0) is 52.2 Å². The molecule has 0 bridgehead atoms. The van der Waals surface area contributed by atoms with E-state index in [-0.39, 0.29) is 0 Å². The van der Waals surface area contributed by atoms with Gasteiger partial charge in [0.15, 0.2) is 0 Å². The van der Waals surface area contributed by atoms with E-state index >= 15 is 0 Å². The Morgan fingerprint density at radius 2 is 1.72 bits per heavy atom. The third kappa shape index (κ3) is 6.72. The number of nitrogens with one attached hydrogen (secondary N) is 1. The number of piperazine rings is 1. The Balaban J connectivity index is 2.07. The van der Waals surface area contributed by atoms with Crippen molar-refractivity contribution in [1.29, 1.82) is 0 Å². The van der Waals surface area contributed by atoms with E-state index in [2.05, 4.69) is 42.9 Å². The van der Waals surface area contributed by atoms with Crippen LogP contribution < -0.4 is 5.32 Å². The lowest BCUT2D eigenvalue weighted by atomic mass is 10.1. The van der Waals surface area contributed by atoms with Gasteiger partial charge in [-0.2, -0.15) is 0 Å². The Morgan fingerprint density at radius 1 is 1.06 bits per heavy atom. The van der Waals surface area contributed by atoms with Crippen LogP contribution in [0.2, 0.25) is 0 Å². The van der Waals surface area contributed by atoms with Crippen molar-refractivity contribution in [2.75, 3.05) is 46.3 Å². The van der Waals surface area contributed by atoms with Crippen LogP contribution in [0.15, 0.2) is 0 Å². The van der Waals surface area contributed by atoms with Gasteiger partial charge in [0.25, 0.3) is 0 Å². The first kappa shape index (κ1) is 15.9. The number of hydrogen-bond donors (Lipinski definition) is 1. The maximum absolute atomic E-state index is 3.42. The van der Waals surface area contributed by atoms with Crippen LogP contribution in [0.5, 0.6) is 0 Å². The normalized spacial score (nSPS) is 19.7. The van der Waals surface area contributed by atoms with E-state index < -0.39 is 0 Å². The summed E-state index contributed by atoms with van der Waals surface area (Å²) in [7, 11) is 2.27. The second kappa shape index (κ2) is 8.89. The smallest absolute Gasteiger partial charge is 0.0110 e. The highest BCUT2D eigenvalue weighted by Crippen LogP contribution is 2.08. The van der Waals surface area contributed by atoms with Crippen LogP contribution in [0.3, 0.4) is 0 Å². The summed E-state index contributed by atoms with van der Waals surface area (Å²) in [4.78, 5) is 5.12. The molecule has 0 spiro atoms. The molecule has 0 aromatic carbocycles. The fraction of sp³-hybridized carbons (Fsp3) is 1.00. The van der Waals surface area contributed by atoms with Gasteiger partial charge in [-0.1, -0.05) is 13.8 Å². The molecule has 3 heteroatoms. The van der Waals surface area contributed by atoms with Gasteiger partial charge < -0.3 is 10.2 Å². The molecule has 1 unspecified atom stereocenters. The van der Waals surface area contributed by atoms with Crippen molar-refractivity contribution < 1.29 is 0 Å². The molecule has 1 aliphatic heterocycles. The Bertz CT molecular complexity index is 200. The summed E-state index contributed by atoms with van der Waals surface area (Å²) in [6.45, 7) is 14.3. The van der Waals surface area contributed by atoms with Gasteiger partial charge in [0, 0.05) is 32.2 Å². The van der Waals surface area contributed by atoms with Crippen LogP contribution in [-0.2, 0) is 0 Å². The third-order valence-corrected chi connectivity index (χ3v) is 4.02. The molecule has 1 aliphatic rings. The van der Waals surface area contributed by atoms with Crippen LogP contribution in [0, 0.1) is 5.92 Å². The molecule has 1 saturated heterocycles. The van der Waals surface area contributed by atoms with Gasteiger partial charge in [-0.25, -0.2) is 0 Å². The average molecular weight is 255 g/mol. The Labute approximate surface area is 114 Å². The van der Waals surface area contributed by atoms with Gasteiger partial charge in [0.2, 0.25) is 0 Å². The Kier molecular flexibility index (Phi) is 7.87. The van der Waals surface area contributed by atoms with Crippen molar-refractivity contribution in [2.24, 2.45) is 5.92 Å². The lowest BCUT2D eigenvalue weighted by Crippen LogP contribution is -2.48. The molecular weight excluding hydrogens is 222 g/mol. The molecule has 3 nitrogen and oxygen atoms in total. The van der Waals surface area contributed by atoms with Gasteiger partial charge in [-0.15, -0.1) is 0 Å². The summed E-state index contributed by atoms with van der Waals surface area (Å²) in [6, 6.07) is 0.736. The molecule has 0 radical (unpaired) electrons. The van der Waals surface area contributed by atoms with E-state index in [1.165, 1.54) is 45.4 Å². The molecule has 0 saturated carbocycles. The molecule has 0 aliphatic carbocycles. The standard InChI is InChI=1S/C15H33N3/c1-14(2)6-5-10-17(4)11-7-15(3)18-12-8-16-9-13-18/h14-16H,5-13H2,1-4H3. The predicted octanol–water partition coefficient (Wildman–Crippen LogP) is 2.04. The van der Waals surface area contributed by atoms with Crippen LogP contribution in [0.1, 0.15) is 40.0 Å². The summed E-state index contributed by atoms with van der Waals surface area (Å²) in [5.74, 6) is 0.846. The second-order valence-electron chi connectivity index (χ2n) is 6.26. The van der Waals surface area contributed by atoms with Crippen molar-refractivity contribution in [3.05, 3.63) is 0 Å². The molecular formula is C15H33N3. The van der Waals surface area contributed by atoms with Gasteiger partial charge in [0.05, 0.1) is 0 Å².